The first-order valence-electron chi connectivity index (χ1n) is 6.84. The topological polar surface area (TPSA) is 66.0 Å². The number of carbonyl (C=O) groups excluding carboxylic acids is 1. The molecule has 0 aliphatic carbocycles. The van der Waals surface area contributed by atoms with Gasteiger partial charge >= 0.3 is 6.09 Å². The van der Waals surface area contributed by atoms with Gasteiger partial charge in [-0.2, -0.15) is 0 Å². The lowest BCUT2D eigenvalue weighted by molar-refractivity contribution is -0.113. The number of alkyl halides is 1. The molecule has 0 aromatic heterocycles. The Morgan fingerprint density at radius 1 is 1.14 bits per heavy atom. The smallest absolute Gasteiger partial charge is 0.407 e. The molecular formula is C14H28BrNO5. The zero-order valence-corrected chi connectivity index (χ0v) is 15.4. The van der Waals surface area contributed by atoms with Gasteiger partial charge in [0.25, 0.3) is 0 Å². The average Bonchev–Trinajstić information content (AvgIpc) is 2.35. The van der Waals surface area contributed by atoms with Crippen LogP contribution in [0, 0.1) is 0 Å². The first-order chi connectivity index (χ1) is 9.65. The Bertz CT molecular complexity index is 302. The Labute approximate surface area is 136 Å². The van der Waals surface area contributed by atoms with Gasteiger partial charge in [0.1, 0.15) is 11.7 Å². The fraction of sp³-hybridized carbons (Fsp3) is 0.929. The average molecular weight is 370 g/mol. The van der Waals surface area contributed by atoms with E-state index in [1.165, 1.54) is 0 Å². The van der Waals surface area contributed by atoms with Crippen LogP contribution in [0.1, 0.15) is 27.7 Å². The minimum Gasteiger partial charge on any atom is -0.444 e. The number of halogens is 1. The summed E-state index contributed by atoms with van der Waals surface area (Å²) in [6.45, 7) is 8.51. The highest BCUT2D eigenvalue weighted by molar-refractivity contribution is 9.09. The van der Waals surface area contributed by atoms with Crippen molar-refractivity contribution in [3.63, 3.8) is 0 Å². The van der Waals surface area contributed by atoms with Crippen molar-refractivity contribution in [3.8, 4) is 0 Å². The van der Waals surface area contributed by atoms with Crippen molar-refractivity contribution in [2.45, 2.75) is 45.0 Å². The highest BCUT2D eigenvalue weighted by Gasteiger charge is 2.29. The quantitative estimate of drug-likeness (QED) is 0.631. The minimum atomic E-state index is -0.585. The normalized spacial score (nSPS) is 14.9. The monoisotopic (exact) mass is 369 g/mol. The van der Waals surface area contributed by atoms with E-state index in [1.54, 1.807) is 14.2 Å². The third-order valence-corrected chi connectivity index (χ3v) is 3.63. The SMILES string of the molecule is COCC(COC)OC(C)(CBr)CNC(=O)OC(C)(C)C. The third kappa shape index (κ3) is 10.1. The number of carbonyl (C=O) groups is 1. The van der Waals surface area contributed by atoms with Crippen molar-refractivity contribution in [1.82, 2.24) is 5.32 Å². The number of alkyl carbamates (subject to hydrolysis) is 1. The molecule has 7 heteroatoms. The molecule has 0 aromatic rings. The summed E-state index contributed by atoms with van der Waals surface area (Å²) in [7, 11) is 3.22. The molecule has 126 valence electrons. The van der Waals surface area contributed by atoms with Crippen molar-refractivity contribution in [1.29, 1.82) is 0 Å². The molecule has 21 heavy (non-hydrogen) atoms. The lowest BCUT2D eigenvalue weighted by atomic mass is 10.1. The number of rotatable bonds is 9. The summed E-state index contributed by atoms with van der Waals surface area (Å²) in [5.74, 6) is 0. The second-order valence-electron chi connectivity index (χ2n) is 6.09. The van der Waals surface area contributed by atoms with Crippen LogP contribution in [0.2, 0.25) is 0 Å². The first kappa shape index (κ1) is 20.6. The van der Waals surface area contributed by atoms with Crippen LogP contribution >= 0.6 is 15.9 Å². The summed E-state index contributed by atoms with van der Waals surface area (Å²) < 4.78 is 21.4. The van der Waals surface area contributed by atoms with Crippen molar-refractivity contribution in [2.75, 3.05) is 39.3 Å². The van der Waals surface area contributed by atoms with E-state index in [9.17, 15) is 4.79 Å². The maximum absolute atomic E-state index is 11.7. The molecule has 0 aliphatic heterocycles. The molecule has 1 N–H and O–H groups in total. The lowest BCUT2D eigenvalue weighted by Gasteiger charge is -2.32. The Kier molecular flexibility index (Phi) is 9.44. The number of methoxy groups -OCH3 is 2. The predicted octanol–water partition coefficient (Wildman–Crippen LogP) is 2.34. The van der Waals surface area contributed by atoms with Gasteiger partial charge < -0.3 is 24.3 Å². The van der Waals surface area contributed by atoms with Crippen LogP contribution in [-0.2, 0) is 18.9 Å². The van der Waals surface area contributed by atoms with Crippen LogP contribution in [0.4, 0.5) is 4.79 Å². The Morgan fingerprint density at radius 3 is 2.05 bits per heavy atom. The number of nitrogens with one attached hydrogen (secondary N) is 1. The fourth-order valence-corrected chi connectivity index (χ4v) is 1.91. The molecule has 0 saturated heterocycles. The van der Waals surface area contributed by atoms with Crippen LogP contribution < -0.4 is 5.32 Å². The van der Waals surface area contributed by atoms with E-state index in [4.69, 9.17) is 18.9 Å². The van der Waals surface area contributed by atoms with Gasteiger partial charge in [0, 0.05) is 19.5 Å². The zero-order valence-electron chi connectivity index (χ0n) is 13.8. The highest BCUT2D eigenvalue weighted by Crippen LogP contribution is 2.17. The van der Waals surface area contributed by atoms with Gasteiger partial charge in [-0.15, -0.1) is 0 Å². The number of amides is 1. The molecule has 1 atom stereocenters. The van der Waals surface area contributed by atoms with Crippen molar-refractivity contribution in [3.05, 3.63) is 0 Å². The molecule has 0 rings (SSSR count). The largest absolute Gasteiger partial charge is 0.444 e. The van der Waals surface area contributed by atoms with Crippen molar-refractivity contribution >= 4 is 22.0 Å². The van der Waals surface area contributed by atoms with E-state index >= 15 is 0 Å². The zero-order chi connectivity index (χ0) is 16.5. The van der Waals surface area contributed by atoms with Gasteiger partial charge in [-0.3, -0.25) is 0 Å². The lowest BCUT2D eigenvalue weighted by Crippen LogP contribution is -2.48. The molecule has 6 nitrogen and oxygen atoms in total. The van der Waals surface area contributed by atoms with Gasteiger partial charge in [0.15, 0.2) is 0 Å². The molecule has 0 saturated carbocycles. The molecule has 0 bridgehead atoms. The predicted molar refractivity (Wildman–Crippen MR) is 85.1 cm³/mol. The number of ether oxygens (including phenoxy) is 4. The Morgan fingerprint density at radius 2 is 1.67 bits per heavy atom. The molecule has 1 unspecified atom stereocenters. The fourth-order valence-electron chi connectivity index (χ4n) is 1.58. The van der Waals surface area contributed by atoms with E-state index in [2.05, 4.69) is 21.2 Å². The molecule has 0 radical (unpaired) electrons. The summed E-state index contributed by atoms with van der Waals surface area (Å²) in [5, 5.41) is 3.28. The Hall–Kier alpha value is -0.370. The maximum Gasteiger partial charge on any atom is 0.407 e. The van der Waals surface area contributed by atoms with E-state index < -0.39 is 17.3 Å². The van der Waals surface area contributed by atoms with E-state index in [0.29, 0.717) is 25.1 Å². The van der Waals surface area contributed by atoms with Crippen LogP contribution in [0.3, 0.4) is 0 Å². The van der Waals surface area contributed by atoms with Gasteiger partial charge in [0.05, 0.1) is 25.4 Å². The van der Waals surface area contributed by atoms with Gasteiger partial charge in [-0.1, -0.05) is 15.9 Å². The summed E-state index contributed by atoms with van der Waals surface area (Å²) in [5.41, 5.74) is -1.11. The van der Waals surface area contributed by atoms with Crippen LogP contribution in [-0.4, -0.2) is 62.7 Å². The highest BCUT2D eigenvalue weighted by atomic mass is 79.9. The molecule has 0 fully saturated rings. The summed E-state index contributed by atoms with van der Waals surface area (Å²) in [6, 6.07) is 0. The van der Waals surface area contributed by atoms with Crippen LogP contribution in [0.25, 0.3) is 0 Å². The van der Waals surface area contributed by atoms with Crippen LogP contribution in [0.5, 0.6) is 0 Å². The second kappa shape index (κ2) is 9.61. The second-order valence-corrected chi connectivity index (χ2v) is 6.65. The molecule has 0 aliphatic rings. The molecule has 0 aromatic carbocycles. The molecule has 1 amide bonds. The number of hydrogen-bond acceptors (Lipinski definition) is 5. The minimum absolute atomic E-state index is 0.206. The maximum atomic E-state index is 11.7. The first-order valence-corrected chi connectivity index (χ1v) is 7.96. The van der Waals surface area contributed by atoms with Gasteiger partial charge in [-0.25, -0.2) is 4.79 Å². The van der Waals surface area contributed by atoms with Crippen molar-refractivity contribution < 1.29 is 23.7 Å². The summed E-state index contributed by atoms with van der Waals surface area (Å²) in [6.07, 6.45) is -0.670. The van der Waals surface area contributed by atoms with Gasteiger partial charge in [-0.05, 0) is 27.7 Å². The van der Waals surface area contributed by atoms with E-state index in [1.807, 2.05) is 27.7 Å². The van der Waals surface area contributed by atoms with Crippen molar-refractivity contribution in [2.24, 2.45) is 0 Å². The molecule has 0 spiro atoms. The summed E-state index contributed by atoms with van der Waals surface area (Å²) in [4.78, 5) is 11.7. The molecular weight excluding hydrogens is 342 g/mol. The standard InChI is InChI=1S/C14H28BrNO5/c1-13(2,3)21-12(17)16-10-14(4,9-15)20-11(7-18-5)8-19-6/h11H,7-10H2,1-6H3,(H,16,17). The Balaban J connectivity index is 4.47. The van der Waals surface area contributed by atoms with Gasteiger partial charge in [0.2, 0.25) is 0 Å². The van der Waals surface area contributed by atoms with E-state index in [0.717, 1.165) is 0 Å². The van der Waals surface area contributed by atoms with Crippen LogP contribution in [0.15, 0.2) is 0 Å². The van der Waals surface area contributed by atoms with E-state index in [-0.39, 0.29) is 6.10 Å². The number of hydrogen-bond donors (Lipinski definition) is 1. The summed E-state index contributed by atoms with van der Waals surface area (Å²) >= 11 is 3.42. The molecule has 0 heterocycles. The third-order valence-electron chi connectivity index (χ3n) is 2.44.